The van der Waals surface area contributed by atoms with Crippen molar-refractivity contribution in [2.24, 2.45) is 5.73 Å². The number of rotatable bonds is 4. The van der Waals surface area contributed by atoms with E-state index in [1.54, 1.807) is 11.3 Å². The van der Waals surface area contributed by atoms with Crippen LogP contribution in [0.25, 0.3) is 21.0 Å². The van der Waals surface area contributed by atoms with E-state index in [4.69, 9.17) is 10.5 Å². The van der Waals surface area contributed by atoms with E-state index in [0.717, 1.165) is 28.3 Å². The lowest BCUT2D eigenvalue weighted by Gasteiger charge is -2.11. The number of hydrogen-bond acceptors (Lipinski definition) is 5. The molecule has 0 saturated heterocycles. The first-order valence-corrected chi connectivity index (χ1v) is 9.93. The van der Waals surface area contributed by atoms with Gasteiger partial charge in [-0.25, -0.2) is 4.98 Å². The van der Waals surface area contributed by atoms with E-state index in [0.29, 0.717) is 11.3 Å². The van der Waals surface area contributed by atoms with Crippen LogP contribution in [0.4, 0.5) is 0 Å². The van der Waals surface area contributed by atoms with Gasteiger partial charge < -0.3 is 10.5 Å². The van der Waals surface area contributed by atoms with Crippen molar-refractivity contribution in [1.82, 2.24) is 4.98 Å². The summed E-state index contributed by atoms with van der Waals surface area (Å²) >= 11 is 1.64. The standard InChI is InChI=1S/C22H21N3OS.ClH/c1-13(2)26-20-9-6-14(10-15(20)11-23)22-25-12-21(27-22)18-5-3-4-17-16(18)7-8-19(17)24;/h3-6,9-10,12-13,19H,7-8,24H2,1-2H3;1H. The van der Waals surface area contributed by atoms with Gasteiger partial charge in [0, 0.05) is 17.8 Å². The topological polar surface area (TPSA) is 71.9 Å². The van der Waals surface area contributed by atoms with Crippen LogP contribution in [0, 0.1) is 11.3 Å². The average Bonchev–Trinajstić information content (AvgIpc) is 3.29. The van der Waals surface area contributed by atoms with Crippen molar-refractivity contribution in [2.75, 3.05) is 0 Å². The van der Waals surface area contributed by atoms with E-state index >= 15 is 0 Å². The minimum absolute atomic E-state index is 0. The van der Waals surface area contributed by atoms with E-state index in [1.807, 2.05) is 38.2 Å². The molecule has 0 bridgehead atoms. The van der Waals surface area contributed by atoms with Gasteiger partial charge in [0.15, 0.2) is 0 Å². The van der Waals surface area contributed by atoms with Gasteiger partial charge in [0.25, 0.3) is 0 Å². The van der Waals surface area contributed by atoms with Gasteiger partial charge in [-0.1, -0.05) is 18.2 Å². The van der Waals surface area contributed by atoms with Gasteiger partial charge in [-0.2, -0.15) is 5.26 Å². The molecule has 6 heteroatoms. The molecular weight excluding hydrogens is 390 g/mol. The number of nitrogens with zero attached hydrogens (tertiary/aromatic N) is 2. The summed E-state index contributed by atoms with van der Waals surface area (Å²) in [5.41, 5.74) is 11.5. The smallest absolute Gasteiger partial charge is 0.137 e. The van der Waals surface area contributed by atoms with Gasteiger partial charge in [0.1, 0.15) is 16.8 Å². The summed E-state index contributed by atoms with van der Waals surface area (Å²) in [7, 11) is 0. The molecule has 2 N–H and O–H groups in total. The minimum Gasteiger partial charge on any atom is -0.490 e. The van der Waals surface area contributed by atoms with Crippen LogP contribution in [0.3, 0.4) is 0 Å². The molecule has 4 nitrogen and oxygen atoms in total. The molecular formula is C22H22ClN3OS. The summed E-state index contributed by atoms with van der Waals surface area (Å²) in [5.74, 6) is 0.614. The number of nitrogens with two attached hydrogens (primary N) is 1. The van der Waals surface area contributed by atoms with Crippen molar-refractivity contribution in [2.45, 2.75) is 38.8 Å². The minimum atomic E-state index is 0. The van der Waals surface area contributed by atoms with Gasteiger partial charge in [-0.15, -0.1) is 23.7 Å². The second-order valence-corrected chi connectivity index (χ2v) is 8.07. The zero-order valence-corrected chi connectivity index (χ0v) is 17.4. The Kier molecular flexibility index (Phi) is 6.04. The summed E-state index contributed by atoms with van der Waals surface area (Å²) < 4.78 is 5.71. The van der Waals surface area contributed by atoms with Crippen molar-refractivity contribution < 1.29 is 4.74 Å². The van der Waals surface area contributed by atoms with E-state index in [1.165, 1.54) is 16.7 Å². The number of fused-ring (bicyclic) bond motifs is 1. The van der Waals surface area contributed by atoms with E-state index < -0.39 is 0 Å². The summed E-state index contributed by atoms with van der Waals surface area (Å²) in [5, 5.41) is 10.4. The number of halogens is 1. The van der Waals surface area contributed by atoms with Crippen molar-refractivity contribution in [3.05, 3.63) is 59.3 Å². The maximum absolute atomic E-state index is 9.46. The SMILES string of the molecule is CC(C)Oc1ccc(-c2ncc(-c3cccc4c3CCC4N)s2)cc1C#N.Cl. The monoisotopic (exact) mass is 411 g/mol. The fourth-order valence-electron chi connectivity index (χ4n) is 3.56. The molecule has 0 radical (unpaired) electrons. The van der Waals surface area contributed by atoms with E-state index in [-0.39, 0.29) is 24.6 Å². The number of hydrogen-bond donors (Lipinski definition) is 1. The lowest BCUT2D eigenvalue weighted by molar-refractivity contribution is 0.242. The fraction of sp³-hybridized carbons (Fsp3) is 0.273. The Bertz CT molecular complexity index is 1040. The van der Waals surface area contributed by atoms with Gasteiger partial charge >= 0.3 is 0 Å². The van der Waals surface area contributed by atoms with Crippen molar-refractivity contribution in [3.8, 4) is 32.8 Å². The number of ether oxygens (including phenoxy) is 1. The Hall–Kier alpha value is -2.39. The highest BCUT2D eigenvalue weighted by Crippen LogP contribution is 2.40. The van der Waals surface area contributed by atoms with Gasteiger partial charge in [0.05, 0.1) is 16.5 Å². The first-order valence-electron chi connectivity index (χ1n) is 9.11. The Morgan fingerprint density at radius 2 is 2.11 bits per heavy atom. The molecule has 1 aliphatic rings. The third kappa shape index (κ3) is 3.77. The molecule has 144 valence electrons. The number of aromatic nitrogens is 1. The van der Waals surface area contributed by atoms with Crippen LogP contribution in [0.2, 0.25) is 0 Å². The molecule has 3 aromatic rings. The van der Waals surface area contributed by atoms with E-state index in [9.17, 15) is 5.26 Å². The summed E-state index contributed by atoms with van der Waals surface area (Å²) in [6.07, 6.45) is 3.96. The molecule has 28 heavy (non-hydrogen) atoms. The first kappa shape index (κ1) is 20.3. The Labute approximate surface area is 175 Å². The first-order chi connectivity index (χ1) is 13.1. The lowest BCUT2D eigenvalue weighted by Crippen LogP contribution is -2.06. The third-order valence-electron chi connectivity index (χ3n) is 4.80. The maximum Gasteiger partial charge on any atom is 0.137 e. The Morgan fingerprint density at radius 1 is 1.29 bits per heavy atom. The van der Waals surface area contributed by atoms with Crippen LogP contribution in [-0.2, 0) is 6.42 Å². The highest BCUT2D eigenvalue weighted by Gasteiger charge is 2.22. The molecule has 1 heterocycles. The zero-order valence-electron chi connectivity index (χ0n) is 15.8. The lowest BCUT2D eigenvalue weighted by atomic mass is 10.0. The molecule has 1 aliphatic carbocycles. The molecule has 0 spiro atoms. The molecule has 1 unspecified atom stereocenters. The third-order valence-corrected chi connectivity index (χ3v) is 5.88. The average molecular weight is 412 g/mol. The van der Waals surface area contributed by atoms with Crippen LogP contribution >= 0.6 is 23.7 Å². The number of benzene rings is 2. The Morgan fingerprint density at radius 3 is 2.86 bits per heavy atom. The van der Waals surface area contributed by atoms with E-state index in [2.05, 4.69) is 29.3 Å². The second-order valence-electron chi connectivity index (χ2n) is 7.04. The number of nitriles is 1. The second kappa shape index (κ2) is 8.32. The summed E-state index contributed by atoms with van der Waals surface area (Å²) in [6, 6.07) is 14.4. The predicted molar refractivity (Wildman–Crippen MR) is 116 cm³/mol. The maximum atomic E-state index is 9.46. The van der Waals surface area contributed by atoms with Crippen molar-refractivity contribution in [1.29, 1.82) is 5.26 Å². The van der Waals surface area contributed by atoms with Gasteiger partial charge in [-0.05, 0) is 61.6 Å². The normalized spacial score (nSPS) is 15.0. The highest BCUT2D eigenvalue weighted by molar-refractivity contribution is 7.18. The van der Waals surface area contributed by atoms with Crippen molar-refractivity contribution >= 4 is 23.7 Å². The molecule has 0 saturated carbocycles. The molecule has 2 aromatic carbocycles. The fourth-order valence-corrected chi connectivity index (χ4v) is 4.52. The van der Waals surface area contributed by atoms with Crippen LogP contribution in [-0.4, -0.2) is 11.1 Å². The molecule has 0 amide bonds. The van der Waals surface area contributed by atoms with Crippen LogP contribution in [0.5, 0.6) is 5.75 Å². The largest absolute Gasteiger partial charge is 0.490 e. The summed E-state index contributed by atoms with van der Waals surface area (Å²) in [4.78, 5) is 5.75. The van der Waals surface area contributed by atoms with Crippen LogP contribution in [0.1, 0.15) is 43.0 Å². The highest BCUT2D eigenvalue weighted by atomic mass is 35.5. The molecule has 4 rings (SSSR count). The zero-order chi connectivity index (χ0) is 19.0. The van der Waals surface area contributed by atoms with Crippen LogP contribution < -0.4 is 10.5 Å². The van der Waals surface area contributed by atoms with Crippen LogP contribution in [0.15, 0.2) is 42.6 Å². The Balaban J connectivity index is 0.00000225. The molecule has 0 aliphatic heterocycles. The van der Waals surface area contributed by atoms with Gasteiger partial charge in [-0.3, -0.25) is 0 Å². The molecule has 1 atom stereocenters. The quantitative estimate of drug-likeness (QED) is 0.614. The predicted octanol–water partition coefficient (Wildman–Crippen LogP) is 5.50. The molecule has 1 aromatic heterocycles. The number of thiazole rings is 1. The summed E-state index contributed by atoms with van der Waals surface area (Å²) in [6.45, 7) is 3.90. The van der Waals surface area contributed by atoms with Crippen molar-refractivity contribution in [3.63, 3.8) is 0 Å². The molecule has 0 fully saturated rings. The van der Waals surface area contributed by atoms with Gasteiger partial charge in [0.2, 0.25) is 0 Å².